The zero-order chi connectivity index (χ0) is 20.9. The van der Waals surface area contributed by atoms with E-state index in [9.17, 15) is 4.79 Å². The number of benzene rings is 1. The number of hydrogen-bond donors (Lipinski definition) is 1. The maximum absolute atomic E-state index is 12.7. The first-order valence-electron chi connectivity index (χ1n) is 9.96. The predicted molar refractivity (Wildman–Crippen MR) is 122 cm³/mol. The molecule has 4 rings (SSSR count). The van der Waals surface area contributed by atoms with E-state index in [0.29, 0.717) is 28.6 Å². The Morgan fingerprint density at radius 2 is 2.03 bits per heavy atom. The number of rotatable bonds is 7. The van der Waals surface area contributed by atoms with Gasteiger partial charge in [0.05, 0.1) is 5.69 Å². The molecule has 30 heavy (non-hydrogen) atoms. The molecule has 154 valence electrons. The number of hydrogen-bond acceptors (Lipinski definition) is 5. The van der Waals surface area contributed by atoms with Crippen LogP contribution < -0.4 is 10.2 Å². The fourth-order valence-electron chi connectivity index (χ4n) is 3.57. The quantitative estimate of drug-likeness (QED) is 0.496. The number of nitrogens with one attached hydrogen (secondary N) is 1. The summed E-state index contributed by atoms with van der Waals surface area (Å²) in [7, 11) is 0. The van der Waals surface area contributed by atoms with E-state index < -0.39 is 0 Å². The molecule has 0 aliphatic carbocycles. The highest BCUT2D eigenvalue weighted by Crippen LogP contribution is 2.31. The number of Topliss-reactive ketones (excluding diaryl/α,β-unsaturated/α-hetero) is 1. The molecule has 0 atom stereocenters. The molecule has 0 bridgehead atoms. The van der Waals surface area contributed by atoms with Crippen LogP contribution in [0, 0.1) is 0 Å². The number of fused-ring (bicyclic) bond motifs is 1. The molecule has 3 heterocycles. The van der Waals surface area contributed by atoms with Crippen molar-refractivity contribution in [1.82, 2.24) is 9.97 Å². The van der Waals surface area contributed by atoms with E-state index in [1.165, 1.54) is 0 Å². The van der Waals surface area contributed by atoms with Gasteiger partial charge >= 0.3 is 0 Å². The summed E-state index contributed by atoms with van der Waals surface area (Å²) in [5, 5.41) is 4.63. The average Bonchev–Trinajstić information content (AvgIpc) is 2.77. The van der Waals surface area contributed by atoms with E-state index in [1.54, 1.807) is 18.5 Å². The van der Waals surface area contributed by atoms with Gasteiger partial charge in [0.2, 0.25) is 0 Å². The Hall–Kier alpha value is -2.63. The molecule has 0 fully saturated rings. The Morgan fingerprint density at radius 1 is 1.13 bits per heavy atom. The molecule has 0 unspecified atom stereocenters. The second kappa shape index (κ2) is 9.45. The van der Waals surface area contributed by atoms with Gasteiger partial charge in [-0.3, -0.25) is 9.78 Å². The van der Waals surface area contributed by atoms with Crippen molar-refractivity contribution in [3.8, 4) is 0 Å². The number of carbonyl (C=O) groups excluding carboxylic acids is 1. The van der Waals surface area contributed by atoms with Crippen LogP contribution >= 0.6 is 23.2 Å². The second-order valence-corrected chi connectivity index (χ2v) is 8.12. The molecular formula is C23H22Cl2N4O. The van der Waals surface area contributed by atoms with E-state index >= 15 is 0 Å². The van der Waals surface area contributed by atoms with Crippen LogP contribution in [0.15, 0.2) is 54.9 Å². The maximum Gasteiger partial charge on any atom is 0.164 e. The van der Waals surface area contributed by atoms with Crippen LogP contribution in [0.25, 0.3) is 0 Å². The zero-order valence-corrected chi connectivity index (χ0v) is 18.0. The topological polar surface area (TPSA) is 58.1 Å². The molecule has 1 N–H and O–H groups in total. The van der Waals surface area contributed by atoms with Gasteiger partial charge in [-0.25, -0.2) is 4.98 Å². The molecule has 1 aromatic carbocycles. The van der Waals surface area contributed by atoms with Gasteiger partial charge in [0.25, 0.3) is 0 Å². The third kappa shape index (κ3) is 4.91. The van der Waals surface area contributed by atoms with Crippen molar-refractivity contribution >= 4 is 40.5 Å². The summed E-state index contributed by atoms with van der Waals surface area (Å²) < 4.78 is 0. The van der Waals surface area contributed by atoms with Gasteiger partial charge in [0, 0.05) is 59.8 Å². The highest BCUT2D eigenvalue weighted by Gasteiger charge is 2.21. The summed E-state index contributed by atoms with van der Waals surface area (Å²) in [5.74, 6) is 0.872. The largest absolute Gasteiger partial charge is 0.367 e. The highest BCUT2D eigenvalue weighted by molar-refractivity contribution is 6.33. The molecule has 0 spiro atoms. The molecule has 5 nitrogen and oxygen atoms in total. The Morgan fingerprint density at radius 3 is 2.87 bits per heavy atom. The SMILES string of the molecule is O=C(CCCc1ccccn1)c1cnc2c(c1)N(Cc1cc(Cl)ccc1Cl)CCN2. The van der Waals surface area contributed by atoms with Gasteiger partial charge in [-0.2, -0.15) is 0 Å². The van der Waals surface area contributed by atoms with Gasteiger partial charge in [-0.1, -0.05) is 29.3 Å². The van der Waals surface area contributed by atoms with Gasteiger partial charge in [0.1, 0.15) is 5.82 Å². The third-order valence-electron chi connectivity index (χ3n) is 5.14. The summed E-state index contributed by atoms with van der Waals surface area (Å²) in [6.07, 6.45) is 5.44. The molecule has 0 amide bonds. The minimum Gasteiger partial charge on any atom is -0.367 e. The lowest BCUT2D eigenvalue weighted by molar-refractivity contribution is 0.0980. The van der Waals surface area contributed by atoms with Crippen LogP contribution in [-0.4, -0.2) is 28.8 Å². The summed E-state index contributed by atoms with van der Waals surface area (Å²) in [4.78, 5) is 23.7. The lowest BCUT2D eigenvalue weighted by atomic mass is 10.0. The van der Waals surface area contributed by atoms with Crippen LogP contribution in [0.2, 0.25) is 10.0 Å². The maximum atomic E-state index is 12.7. The number of carbonyl (C=O) groups is 1. The predicted octanol–water partition coefficient (Wildman–Crippen LogP) is 5.42. The third-order valence-corrected chi connectivity index (χ3v) is 5.74. The minimum absolute atomic E-state index is 0.0903. The molecule has 1 aliphatic heterocycles. The van der Waals surface area contributed by atoms with Gasteiger partial charge in [-0.15, -0.1) is 0 Å². The van der Waals surface area contributed by atoms with Gasteiger partial charge in [0.15, 0.2) is 5.78 Å². The fraction of sp³-hybridized carbons (Fsp3) is 0.261. The zero-order valence-electron chi connectivity index (χ0n) is 16.4. The molecule has 0 saturated heterocycles. The van der Waals surface area contributed by atoms with Crippen LogP contribution in [0.3, 0.4) is 0 Å². The standard InChI is InChI=1S/C23H22Cl2N4O/c24-18-7-8-20(25)17(12-18)15-29-11-10-27-23-21(29)13-16(14-28-23)22(30)6-3-5-19-4-1-2-9-26-19/h1-2,4,7-9,12-14H,3,5-6,10-11,15H2,(H,27,28). The first kappa shape index (κ1) is 20.6. The second-order valence-electron chi connectivity index (χ2n) is 7.27. The molecule has 7 heteroatoms. The molecule has 0 radical (unpaired) electrons. The Bertz CT molecular complexity index is 1040. The first-order chi connectivity index (χ1) is 14.6. The van der Waals surface area contributed by atoms with Crippen LogP contribution in [0.4, 0.5) is 11.5 Å². The summed E-state index contributed by atoms with van der Waals surface area (Å²) in [6, 6.07) is 13.2. The smallest absolute Gasteiger partial charge is 0.164 e. The number of ketones is 1. The number of halogens is 2. The molecule has 1 aliphatic rings. The lowest BCUT2D eigenvalue weighted by Crippen LogP contribution is -2.34. The normalized spacial score (nSPS) is 12.9. The summed E-state index contributed by atoms with van der Waals surface area (Å²) in [6.45, 7) is 2.16. The average molecular weight is 441 g/mol. The summed E-state index contributed by atoms with van der Waals surface area (Å²) >= 11 is 12.5. The van der Waals surface area contributed by atoms with E-state index in [1.807, 2.05) is 36.4 Å². The molecule has 0 saturated carbocycles. The highest BCUT2D eigenvalue weighted by atomic mass is 35.5. The van der Waals surface area contributed by atoms with Crippen LogP contribution in [-0.2, 0) is 13.0 Å². The van der Waals surface area contributed by atoms with Crippen LogP contribution in [0.1, 0.15) is 34.5 Å². The number of nitrogens with zero attached hydrogens (tertiary/aromatic N) is 3. The van der Waals surface area contributed by atoms with Gasteiger partial charge < -0.3 is 10.2 Å². The monoisotopic (exact) mass is 440 g/mol. The van der Waals surface area contributed by atoms with Crippen molar-refractivity contribution in [3.05, 3.63) is 81.7 Å². The number of anilines is 2. The fourth-order valence-corrected chi connectivity index (χ4v) is 3.94. The van der Waals surface area contributed by atoms with Crippen molar-refractivity contribution in [2.75, 3.05) is 23.3 Å². The van der Waals surface area contributed by atoms with Crippen LogP contribution in [0.5, 0.6) is 0 Å². The minimum atomic E-state index is 0.0903. The van der Waals surface area contributed by atoms with Gasteiger partial charge in [-0.05, 0) is 54.8 Å². The lowest BCUT2D eigenvalue weighted by Gasteiger charge is -2.32. The summed E-state index contributed by atoms with van der Waals surface area (Å²) in [5.41, 5.74) is 3.49. The van der Waals surface area contributed by atoms with Crippen molar-refractivity contribution in [2.24, 2.45) is 0 Å². The molecule has 2 aromatic heterocycles. The Kier molecular flexibility index (Phi) is 6.50. The van der Waals surface area contributed by atoms with Crippen molar-refractivity contribution in [1.29, 1.82) is 0 Å². The Balaban J connectivity index is 1.47. The van der Waals surface area contributed by atoms with Crippen molar-refractivity contribution < 1.29 is 4.79 Å². The molecular weight excluding hydrogens is 419 g/mol. The Labute approximate surface area is 186 Å². The first-order valence-corrected chi connectivity index (χ1v) is 10.7. The number of pyridine rings is 2. The number of aryl methyl sites for hydroxylation is 1. The van der Waals surface area contributed by atoms with Crippen molar-refractivity contribution in [2.45, 2.75) is 25.8 Å². The number of aromatic nitrogens is 2. The van der Waals surface area contributed by atoms with Crippen molar-refractivity contribution in [3.63, 3.8) is 0 Å². The van der Waals surface area contributed by atoms with E-state index in [-0.39, 0.29) is 5.78 Å². The molecule has 3 aromatic rings. The van der Waals surface area contributed by atoms with E-state index in [2.05, 4.69) is 20.2 Å². The van der Waals surface area contributed by atoms with E-state index in [0.717, 1.165) is 48.7 Å². The van der Waals surface area contributed by atoms with E-state index in [4.69, 9.17) is 23.2 Å².